The molecule has 1 heterocycles. The van der Waals surface area contributed by atoms with Crippen molar-refractivity contribution in [1.29, 1.82) is 0 Å². The molecular formula is C9H7NO2. The van der Waals surface area contributed by atoms with E-state index >= 15 is 0 Å². The van der Waals surface area contributed by atoms with Crippen LogP contribution >= 0.6 is 0 Å². The number of carbonyl (C=O) groups is 1. The first-order chi connectivity index (χ1) is 5.81. The largest absolute Gasteiger partial charge is 0.451 e. The number of aldehydes is 1. The molecule has 0 saturated carbocycles. The smallest absolute Gasteiger partial charge is 0.185 e. The number of nitrogens with two attached hydrogens (primary N) is 1. The van der Waals surface area contributed by atoms with Crippen LogP contribution in [0.2, 0.25) is 0 Å². The van der Waals surface area contributed by atoms with Crippen LogP contribution in [0, 0.1) is 0 Å². The van der Waals surface area contributed by atoms with E-state index in [1.54, 1.807) is 12.1 Å². The van der Waals surface area contributed by atoms with Gasteiger partial charge in [0.15, 0.2) is 17.6 Å². The maximum absolute atomic E-state index is 10.4. The molecule has 0 aliphatic carbocycles. The third kappa shape index (κ3) is 0.871. The Morgan fingerprint density at radius 3 is 2.92 bits per heavy atom. The molecule has 0 fully saturated rings. The Labute approximate surface area is 68.8 Å². The van der Waals surface area contributed by atoms with Gasteiger partial charge < -0.3 is 10.2 Å². The van der Waals surface area contributed by atoms with Gasteiger partial charge in [-0.25, -0.2) is 0 Å². The zero-order valence-corrected chi connectivity index (χ0v) is 6.28. The van der Waals surface area contributed by atoms with E-state index in [0.29, 0.717) is 23.3 Å². The van der Waals surface area contributed by atoms with E-state index in [4.69, 9.17) is 10.2 Å². The number of benzene rings is 1. The van der Waals surface area contributed by atoms with Crippen molar-refractivity contribution in [3.63, 3.8) is 0 Å². The van der Waals surface area contributed by atoms with E-state index in [1.807, 2.05) is 12.1 Å². The fourth-order valence-corrected chi connectivity index (χ4v) is 1.16. The summed E-state index contributed by atoms with van der Waals surface area (Å²) in [7, 11) is 0. The van der Waals surface area contributed by atoms with Crippen LogP contribution < -0.4 is 5.73 Å². The molecule has 0 aliphatic heterocycles. The van der Waals surface area contributed by atoms with Crippen molar-refractivity contribution in [2.45, 2.75) is 0 Å². The summed E-state index contributed by atoms with van der Waals surface area (Å²) in [6.45, 7) is 0. The van der Waals surface area contributed by atoms with E-state index in [1.165, 1.54) is 0 Å². The first-order valence-electron chi connectivity index (χ1n) is 3.54. The van der Waals surface area contributed by atoms with Crippen LogP contribution in [-0.2, 0) is 0 Å². The Kier molecular flexibility index (Phi) is 1.37. The molecule has 0 saturated heterocycles. The molecule has 3 heteroatoms. The van der Waals surface area contributed by atoms with Crippen molar-refractivity contribution in [3.8, 4) is 0 Å². The highest BCUT2D eigenvalue weighted by atomic mass is 16.3. The number of furan rings is 1. The van der Waals surface area contributed by atoms with Gasteiger partial charge in [-0.15, -0.1) is 0 Å². The highest BCUT2D eigenvalue weighted by molar-refractivity contribution is 5.91. The lowest BCUT2D eigenvalue weighted by Crippen LogP contribution is -1.82. The number of carbonyl (C=O) groups excluding carboxylic acids is 1. The molecule has 0 spiro atoms. The Balaban J connectivity index is 2.82. The fourth-order valence-electron chi connectivity index (χ4n) is 1.16. The molecule has 0 atom stereocenters. The van der Waals surface area contributed by atoms with Gasteiger partial charge in [0.2, 0.25) is 0 Å². The number of hydrogen-bond acceptors (Lipinski definition) is 3. The van der Waals surface area contributed by atoms with Gasteiger partial charge in [-0.3, -0.25) is 4.79 Å². The molecule has 1 aromatic carbocycles. The normalized spacial score (nSPS) is 10.3. The molecule has 0 unspecified atom stereocenters. The van der Waals surface area contributed by atoms with Gasteiger partial charge in [0, 0.05) is 5.39 Å². The molecule has 0 bridgehead atoms. The van der Waals surface area contributed by atoms with Crippen molar-refractivity contribution in [2.24, 2.45) is 0 Å². The number of rotatable bonds is 1. The Morgan fingerprint density at radius 1 is 1.42 bits per heavy atom. The highest BCUT2D eigenvalue weighted by Crippen LogP contribution is 2.23. The molecule has 2 rings (SSSR count). The first-order valence-corrected chi connectivity index (χ1v) is 3.54. The highest BCUT2D eigenvalue weighted by Gasteiger charge is 2.03. The number of hydrogen-bond donors (Lipinski definition) is 1. The maximum Gasteiger partial charge on any atom is 0.185 e. The van der Waals surface area contributed by atoms with Crippen molar-refractivity contribution in [1.82, 2.24) is 0 Å². The monoisotopic (exact) mass is 161 g/mol. The Hall–Kier alpha value is -1.77. The van der Waals surface area contributed by atoms with Crippen LogP contribution in [0.3, 0.4) is 0 Å². The molecule has 60 valence electrons. The average molecular weight is 161 g/mol. The van der Waals surface area contributed by atoms with Gasteiger partial charge in [0.05, 0.1) is 5.69 Å². The minimum absolute atomic E-state index is 0.308. The summed E-state index contributed by atoms with van der Waals surface area (Å²) in [6, 6.07) is 7.07. The van der Waals surface area contributed by atoms with Gasteiger partial charge in [0.1, 0.15) is 0 Å². The topological polar surface area (TPSA) is 56.2 Å². The van der Waals surface area contributed by atoms with Crippen molar-refractivity contribution < 1.29 is 9.21 Å². The van der Waals surface area contributed by atoms with Crippen LogP contribution in [0.25, 0.3) is 11.0 Å². The molecule has 0 aliphatic rings. The zero-order chi connectivity index (χ0) is 8.55. The zero-order valence-electron chi connectivity index (χ0n) is 6.28. The SMILES string of the molecule is Nc1cccc2cc(C=O)oc12. The predicted molar refractivity (Wildman–Crippen MR) is 46.0 cm³/mol. The number of anilines is 1. The number of fused-ring (bicyclic) bond motifs is 1. The first kappa shape index (κ1) is 6.91. The third-order valence-electron chi connectivity index (χ3n) is 1.71. The minimum Gasteiger partial charge on any atom is -0.451 e. The predicted octanol–water partition coefficient (Wildman–Crippen LogP) is 1.83. The van der Waals surface area contributed by atoms with E-state index in [2.05, 4.69) is 0 Å². The quantitative estimate of drug-likeness (QED) is 0.512. The summed E-state index contributed by atoms with van der Waals surface area (Å²) in [5, 5.41) is 0.858. The molecule has 2 N–H and O–H groups in total. The van der Waals surface area contributed by atoms with E-state index in [0.717, 1.165) is 5.39 Å². The van der Waals surface area contributed by atoms with E-state index in [-0.39, 0.29) is 0 Å². The van der Waals surface area contributed by atoms with Gasteiger partial charge in [-0.2, -0.15) is 0 Å². The second kappa shape index (κ2) is 2.37. The van der Waals surface area contributed by atoms with Crippen molar-refractivity contribution in [3.05, 3.63) is 30.0 Å². The third-order valence-corrected chi connectivity index (χ3v) is 1.71. The summed E-state index contributed by atoms with van der Waals surface area (Å²) in [5.41, 5.74) is 6.75. The van der Waals surface area contributed by atoms with Crippen LogP contribution in [0.1, 0.15) is 10.6 Å². The summed E-state index contributed by atoms with van der Waals surface area (Å²) in [6.07, 6.45) is 0.666. The molecule has 1 aromatic heterocycles. The summed E-state index contributed by atoms with van der Waals surface area (Å²) < 4.78 is 5.15. The lowest BCUT2D eigenvalue weighted by Gasteiger charge is -1.91. The molecule has 2 aromatic rings. The van der Waals surface area contributed by atoms with Crippen LogP contribution in [-0.4, -0.2) is 6.29 Å². The average Bonchev–Trinajstić information content (AvgIpc) is 2.49. The molecule has 0 radical (unpaired) electrons. The Morgan fingerprint density at radius 2 is 2.25 bits per heavy atom. The number of para-hydroxylation sites is 1. The molecule has 3 nitrogen and oxygen atoms in total. The van der Waals surface area contributed by atoms with Crippen molar-refractivity contribution in [2.75, 3.05) is 5.73 Å². The van der Waals surface area contributed by atoms with Crippen LogP contribution in [0.5, 0.6) is 0 Å². The lowest BCUT2D eigenvalue weighted by atomic mass is 10.2. The second-order valence-electron chi connectivity index (χ2n) is 2.53. The van der Waals surface area contributed by atoms with Crippen LogP contribution in [0.15, 0.2) is 28.7 Å². The van der Waals surface area contributed by atoms with E-state index < -0.39 is 0 Å². The van der Waals surface area contributed by atoms with Gasteiger partial charge >= 0.3 is 0 Å². The summed E-state index contributed by atoms with van der Waals surface area (Å²) in [4.78, 5) is 10.4. The standard InChI is InChI=1S/C9H7NO2/c10-8-3-1-2-6-4-7(5-11)12-9(6)8/h1-5H,10H2. The molecule has 12 heavy (non-hydrogen) atoms. The van der Waals surface area contributed by atoms with Gasteiger partial charge in [-0.05, 0) is 12.1 Å². The fraction of sp³-hybridized carbons (Fsp3) is 0. The summed E-state index contributed by atoms with van der Waals surface area (Å²) >= 11 is 0. The molecular weight excluding hydrogens is 154 g/mol. The maximum atomic E-state index is 10.4. The van der Waals surface area contributed by atoms with Gasteiger partial charge in [-0.1, -0.05) is 12.1 Å². The Bertz CT molecular complexity index is 431. The van der Waals surface area contributed by atoms with Crippen LogP contribution in [0.4, 0.5) is 5.69 Å². The number of nitrogen functional groups attached to an aromatic ring is 1. The lowest BCUT2D eigenvalue weighted by molar-refractivity contribution is 0.110. The van der Waals surface area contributed by atoms with Crippen molar-refractivity contribution >= 4 is 22.9 Å². The molecule has 0 amide bonds. The second-order valence-corrected chi connectivity index (χ2v) is 2.53. The minimum atomic E-state index is 0.308. The summed E-state index contributed by atoms with van der Waals surface area (Å²) in [5.74, 6) is 0.308. The van der Waals surface area contributed by atoms with E-state index in [9.17, 15) is 4.79 Å². The van der Waals surface area contributed by atoms with Gasteiger partial charge in [0.25, 0.3) is 0 Å².